The molecule has 4 N–H and O–H groups in total. The molecule has 1 aromatic heterocycles. The van der Waals surface area contributed by atoms with E-state index in [2.05, 4.69) is 4.72 Å². The summed E-state index contributed by atoms with van der Waals surface area (Å²) in [5, 5.41) is 7.55. The summed E-state index contributed by atoms with van der Waals surface area (Å²) in [5.41, 5.74) is 7.34. The first-order chi connectivity index (χ1) is 18.4. The topological polar surface area (TPSA) is 149 Å². The monoisotopic (exact) mass is 549 g/mol. The highest BCUT2D eigenvalue weighted by Gasteiger charge is 2.29. The van der Waals surface area contributed by atoms with E-state index in [1.54, 1.807) is 67.6 Å². The van der Waals surface area contributed by atoms with Crippen LogP contribution in [0.4, 0.5) is 5.69 Å². The van der Waals surface area contributed by atoms with Gasteiger partial charge in [0, 0.05) is 12.6 Å². The number of rotatable bonds is 10. The van der Waals surface area contributed by atoms with Gasteiger partial charge in [-0.15, -0.1) is 0 Å². The van der Waals surface area contributed by atoms with Crippen LogP contribution < -0.4 is 15.2 Å². The first-order valence-electron chi connectivity index (χ1n) is 12.3. The van der Waals surface area contributed by atoms with E-state index in [9.17, 15) is 13.2 Å². The first-order valence-corrected chi connectivity index (χ1v) is 13.8. The van der Waals surface area contributed by atoms with Gasteiger partial charge >= 0.3 is 5.97 Å². The Kier molecular flexibility index (Phi) is 7.64. The SMILES string of the molecule is CCOC(=O)Cc1ccccc1S(=O)(=O)Nc1ccc2c(c1)nc(C(C)(C)Oc1ccc(C(=N)N)cc1)n2C. The summed E-state index contributed by atoms with van der Waals surface area (Å²) in [7, 11) is -2.13. The Labute approximate surface area is 227 Å². The third-order valence-electron chi connectivity index (χ3n) is 6.11. The fourth-order valence-corrected chi connectivity index (χ4v) is 5.62. The molecule has 204 valence electrons. The Morgan fingerprint density at radius 3 is 2.46 bits per heavy atom. The molecule has 3 aromatic carbocycles. The molecule has 0 aliphatic rings. The largest absolute Gasteiger partial charge is 0.480 e. The minimum Gasteiger partial charge on any atom is -0.480 e. The van der Waals surface area contributed by atoms with Crippen LogP contribution in [0.1, 0.15) is 37.7 Å². The summed E-state index contributed by atoms with van der Waals surface area (Å²) in [6.45, 7) is 5.68. The highest BCUT2D eigenvalue weighted by atomic mass is 32.2. The number of hydrogen-bond donors (Lipinski definition) is 3. The second kappa shape index (κ2) is 10.8. The Hall–Kier alpha value is -4.38. The van der Waals surface area contributed by atoms with Crippen LogP contribution in [0.15, 0.2) is 71.6 Å². The number of fused-ring (bicyclic) bond motifs is 1. The Bertz CT molecular complexity index is 1640. The summed E-state index contributed by atoms with van der Waals surface area (Å²) in [6, 6.07) is 18.3. The molecule has 0 aliphatic carbocycles. The lowest BCUT2D eigenvalue weighted by atomic mass is 10.1. The molecule has 0 atom stereocenters. The molecule has 0 saturated heterocycles. The van der Waals surface area contributed by atoms with Gasteiger partial charge in [0.15, 0.2) is 11.4 Å². The molecule has 0 bridgehead atoms. The molecule has 11 heteroatoms. The zero-order valence-electron chi connectivity index (χ0n) is 22.2. The standard InChI is InChI=1S/C28H31N5O5S/c1-5-37-25(34)16-19-8-6-7-9-24(19)39(35,36)32-20-12-15-23-22(17-20)31-27(33(23)4)28(2,3)38-21-13-10-18(11-14-21)26(29)30/h6-15,17,32H,5,16H2,1-4H3,(H3,29,30). The zero-order valence-corrected chi connectivity index (χ0v) is 23.0. The number of esters is 1. The second-order valence-electron chi connectivity index (χ2n) is 9.44. The number of carbonyl (C=O) groups excluding carboxylic acids is 1. The van der Waals surface area contributed by atoms with Crippen molar-refractivity contribution in [2.75, 3.05) is 11.3 Å². The molecule has 4 rings (SSSR count). The average Bonchev–Trinajstić information content (AvgIpc) is 3.21. The summed E-state index contributed by atoms with van der Waals surface area (Å²) in [6.07, 6.45) is -0.153. The number of sulfonamides is 1. The van der Waals surface area contributed by atoms with Crippen LogP contribution in [0.5, 0.6) is 5.75 Å². The lowest BCUT2D eigenvalue weighted by Gasteiger charge is -2.26. The molecule has 1 heterocycles. The van der Waals surface area contributed by atoms with Crippen LogP contribution in [0.25, 0.3) is 11.0 Å². The number of nitrogens with zero attached hydrogens (tertiary/aromatic N) is 2. The molecule has 0 amide bonds. The zero-order chi connectivity index (χ0) is 28.4. The second-order valence-corrected chi connectivity index (χ2v) is 11.1. The molecule has 39 heavy (non-hydrogen) atoms. The molecule has 10 nitrogen and oxygen atoms in total. The predicted octanol–water partition coefficient (Wildman–Crippen LogP) is 4.08. The maximum atomic E-state index is 13.3. The summed E-state index contributed by atoms with van der Waals surface area (Å²) >= 11 is 0. The van der Waals surface area contributed by atoms with Crippen molar-refractivity contribution in [3.05, 3.63) is 83.7 Å². The summed E-state index contributed by atoms with van der Waals surface area (Å²) in [4.78, 5) is 16.8. The molecule has 0 spiro atoms. The molecule has 4 aromatic rings. The molecule has 0 radical (unpaired) electrons. The van der Waals surface area contributed by atoms with Gasteiger partial charge in [0.2, 0.25) is 0 Å². The fourth-order valence-electron chi connectivity index (χ4n) is 4.33. The van der Waals surface area contributed by atoms with Gasteiger partial charge in [0.1, 0.15) is 11.6 Å². The normalized spacial score (nSPS) is 11.8. The fraction of sp³-hybridized carbons (Fsp3) is 0.250. The van der Waals surface area contributed by atoms with Crippen molar-refractivity contribution in [3.63, 3.8) is 0 Å². The predicted molar refractivity (Wildman–Crippen MR) is 149 cm³/mol. The maximum absolute atomic E-state index is 13.3. The van der Waals surface area contributed by atoms with Gasteiger partial charge in [-0.05, 0) is 74.9 Å². The third-order valence-corrected chi connectivity index (χ3v) is 7.59. The van der Waals surface area contributed by atoms with E-state index in [0.29, 0.717) is 33.9 Å². The van der Waals surface area contributed by atoms with E-state index in [1.807, 2.05) is 25.5 Å². The lowest BCUT2D eigenvalue weighted by molar-refractivity contribution is -0.142. The van der Waals surface area contributed by atoms with Gasteiger partial charge in [0.25, 0.3) is 10.0 Å². The Morgan fingerprint density at radius 2 is 1.79 bits per heavy atom. The van der Waals surface area contributed by atoms with Gasteiger partial charge in [0.05, 0.1) is 34.6 Å². The van der Waals surface area contributed by atoms with E-state index in [4.69, 9.17) is 25.6 Å². The lowest BCUT2D eigenvalue weighted by Crippen LogP contribution is -2.29. The highest BCUT2D eigenvalue weighted by molar-refractivity contribution is 7.92. The molecule has 0 saturated carbocycles. The molecule has 0 unspecified atom stereocenters. The van der Waals surface area contributed by atoms with Gasteiger partial charge in [-0.2, -0.15) is 0 Å². The maximum Gasteiger partial charge on any atom is 0.310 e. The van der Waals surface area contributed by atoms with Crippen molar-refractivity contribution < 1.29 is 22.7 Å². The van der Waals surface area contributed by atoms with E-state index in [-0.39, 0.29) is 23.8 Å². The number of anilines is 1. The van der Waals surface area contributed by atoms with Crippen LogP contribution in [0.2, 0.25) is 0 Å². The Balaban J connectivity index is 1.60. The Morgan fingerprint density at radius 1 is 1.10 bits per heavy atom. The van der Waals surface area contributed by atoms with Crippen molar-refractivity contribution in [2.45, 2.75) is 37.7 Å². The quantitative estimate of drug-likeness (QED) is 0.153. The number of benzene rings is 3. The first kappa shape index (κ1) is 27.6. The smallest absolute Gasteiger partial charge is 0.310 e. The number of amidine groups is 1. The molecular formula is C28H31N5O5S. The number of nitrogens with one attached hydrogen (secondary N) is 2. The average molecular weight is 550 g/mol. The van der Waals surface area contributed by atoms with Gasteiger partial charge in [-0.3, -0.25) is 14.9 Å². The number of aryl methyl sites for hydroxylation is 1. The number of imidazole rings is 1. The van der Waals surface area contributed by atoms with Crippen LogP contribution in [-0.2, 0) is 38.6 Å². The van der Waals surface area contributed by atoms with Crippen LogP contribution in [0.3, 0.4) is 0 Å². The van der Waals surface area contributed by atoms with E-state index < -0.39 is 21.6 Å². The van der Waals surface area contributed by atoms with Crippen molar-refractivity contribution in [1.82, 2.24) is 9.55 Å². The van der Waals surface area contributed by atoms with Gasteiger partial charge in [-0.25, -0.2) is 13.4 Å². The number of ether oxygens (including phenoxy) is 2. The van der Waals surface area contributed by atoms with Crippen LogP contribution in [0, 0.1) is 5.41 Å². The summed E-state index contributed by atoms with van der Waals surface area (Å²) in [5.74, 6) is 0.701. The number of hydrogen-bond acceptors (Lipinski definition) is 7. The van der Waals surface area contributed by atoms with Crippen LogP contribution >= 0.6 is 0 Å². The van der Waals surface area contributed by atoms with Crippen molar-refractivity contribution in [1.29, 1.82) is 5.41 Å². The minimum absolute atomic E-state index is 0.00480. The van der Waals surface area contributed by atoms with Crippen molar-refractivity contribution in [3.8, 4) is 5.75 Å². The minimum atomic E-state index is -4.00. The van der Waals surface area contributed by atoms with E-state index in [0.717, 1.165) is 5.52 Å². The van der Waals surface area contributed by atoms with Crippen molar-refractivity contribution in [2.24, 2.45) is 12.8 Å². The number of nitrogen functional groups attached to an aromatic ring is 1. The van der Waals surface area contributed by atoms with E-state index in [1.165, 1.54) is 6.07 Å². The third kappa shape index (κ3) is 6.04. The van der Waals surface area contributed by atoms with Gasteiger partial charge in [-0.1, -0.05) is 18.2 Å². The molecular weight excluding hydrogens is 518 g/mol. The number of carbonyl (C=O) groups is 1. The number of aromatic nitrogens is 2. The van der Waals surface area contributed by atoms with Crippen molar-refractivity contribution >= 4 is 38.5 Å². The van der Waals surface area contributed by atoms with Gasteiger partial charge < -0.3 is 19.8 Å². The van der Waals surface area contributed by atoms with E-state index >= 15 is 0 Å². The molecule has 0 fully saturated rings. The highest BCUT2D eigenvalue weighted by Crippen LogP contribution is 2.31. The van der Waals surface area contributed by atoms with Crippen LogP contribution in [-0.4, -0.2) is 36.4 Å². The number of nitrogens with two attached hydrogens (primary N) is 1. The summed E-state index contributed by atoms with van der Waals surface area (Å²) < 4.78 is 42.2. The molecule has 0 aliphatic heterocycles.